The number of nitrogens with one attached hydrogen (secondary N) is 1. The minimum Gasteiger partial charge on any atom is -0.317 e. The van der Waals surface area contributed by atoms with Crippen LogP contribution in [0.2, 0.25) is 5.02 Å². The molecule has 2 nitrogen and oxygen atoms in total. The molecule has 3 rings (SSSR count). The van der Waals surface area contributed by atoms with Crippen LogP contribution >= 0.6 is 11.6 Å². The zero-order chi connectivity index (χ0) is 18.0. The van der Waals surface area contributed by atoms with Gasteiger partial charge >= 0.3 is 0 Å². The Morgan fingerprint density at radius 2 is 1.60 bits per heavy atom. The highest BCUT2D eigenvalue weighted by atomic mass is 35.5. The fourth-order valence-corrected chi connectivity index (χ4v) is 4.17. The Labute approximate surface area is 158 Å². The number of ketones is 1. The molecule has 1 N–H and O–H groups in total. The summed E-state index contributed by atoms with van der Waals surface area (Å²) >= 11 is 5.91. The molecular formula is C22H34ClNO. The van der Waals surface area contributed by atoms with Crippen LogP contribution in [-0.2, 0) is 0 Å². The van der Waals surface area contributed by atoms with Gasteiger partial charge in [0.15, 0.2) is 5.78 Å². The van der Waals surface area contributed by atoms with Gasteiger partial charge in [-0.05, 0) is 69.5 Å². The highest BCUT2D eigenvalue weighted by Crippen LogP contribution is 2.43. The summed E-state index contributed by atoms with van der Waals surface area (Å²) in [6.07, 6.45) is 13.4. The molecule has 2 aliphatic rings. The van der Waals surface area contributed by atoms with Gasteiger partial charge < -0.3 is 5.32 Å². The molecule has 2 fully saturated rings. The van der Waals surface area contributed by atoms with Crippen molar-refractivity contribution in [1.82, 2.24) is 5.32 Å². The molecule has 0 aromatic heterocycles. The van der Waals surface area contributed by atoms with E-state index in [-0.39, 0.29) is 5.41 Å². The molecule has 1 heterocycles. The average molecular weight is 364 g/mol. The van der Waals surface area contributed by atoms with Gasteiger partial charge in [-0.1, -0.05) is 57.0 Å². The second-order valence-electron chi connectivity index (χ2n) is 7.59. The Morgan fingerprint density at radius 1 is 1.00 bits per heavy atom. The van der Waals surface area contributed by atoms with E-state index in [1.165, 1.54) is 51.6 Å². The van der Waals surface area contributed by atoms with Gasteiger partial charge in [0.25, 0.3) is 0 Å². The lowest BCUT2D eigenvalue weighted by Crippen LogP contribution is -2.33. The van der Waals surface area contributed by atoms with E-state index in [4.69, 9.17) is 11.6 Å². The van der Waals surface area contributed by atoms with Gasteiger partial charge in [0.05, 0.1) is 0 Å². The van der Waals surface area contributed by atoms with Crippen LogP contribution in [-0.4, -0.2) is 18.9 Å². The number of piperidine rings is 1. The van der Waals surface area contributed by atoms with Gasteiger partial charge in [-0.25, -0.2) is 0 Å². The predicted octanol–water partition coefficient (Wildman–Crippen LogP) is 6.42. The smallest absolute Gasteiger partial charge is 0.168 e. The second-order valence-corrected chi connectivity index (χ2v) is 8.03. The second kappa shape index (κ2) is 11.0. The van der Waals surface area contributed by atoms with Crippen LogP contribution in [0.1, 0.15) is 87.9 Å². The SMILES string of the molecule is C1CCNCC1.CCCCC1(C(=O)c2ccc(Cl)cc2)CCCCC1. The zero-order valence-electron chi connectivity index (χ0n) is 15.8. The summed E-state index contributed by atoms with van der Waals surface area (Å²) in [7, 11) is 0. The lowest BCUT2D eigenvalue weighted by atomic mass is 9.67. The van der Waals surface area contributed by atoms with Crippen LogP contribution in [0.25, 0.3) is 0 Å². The molecule has 1 aliphatic carbocycles. The molecule has 1 saturated heterocycles. The van der Waals surface area contributed by atoms with E-state index < -0.39 is 0 Å². The summed E-state index contributed by atoms with van der Waals surface area (Å²) in [5.41, 5.74) is 0.740. The first-order valence-electron chi connectivity index (χ1n) is 10.2. The van der Waals surface area contributed by atoms with E-state index >= 15 is 0 Å². The summed E-state index contributed by atoms with van der Waals surface area (Å²) in [5.74, 6) is 0.345. The number of unbranched alkanes of at least 4 members (excludes halogenated alkanes) is 1. The van der Waals surface area contributed by atoms with E-state index in [1.54, 1.807) is 0 Å². The molecule has 0 radical (unpaired) electrons. The molecule has 3 heteroatoms. The van der Waals surface area contributed by atoms with Crippen molar-refractivity contribution >= 4 is 17.4 Å². The number of carbonyl (C=O) groups excluding carboxylic acids is 1. The monoisotopic (exact) mass is 363 g/mol. The minimum absolute atomic E-state index is 0.0951. The maximum atomic E-state index is 12.9. The maximum Gasteiger partial charge on any atom is 0.168 e. The van der Waals surface area contributed by atoms with Gasteiger partial charge in [0, 0.05) is 16.0 Å². The van der Waals surface area contributed by atoms with Crippen LogP contribution in [0.15, 0.2) is 24.3 Å². The molecule has 0 spiro atoms. The van der Waals surface area contributed by atoms with Crippen molar-refractivity contribution in [3.8, 4) is 0 Å². The summed E-state index contributed by atoms with van der Waals surface area (Å²) in [6, 6.07) is 7.41. The van der Waals surface area contributed by atoms with E-state index in [0.29, 0.717) is 10.8 Å². The Kier molecular flexibility index (Phi) is 8.98. The van der Waals surface area contributed by atoms with E-state index in [1.807, 2.05) is 24.3 Å². The fourth-order valence-electron chi connectivity index (χ4n) is 4.04. The molecule has 1 saturated carbocycles. The first kappa shape index (κ1) is 20.5. The van der Waals surface area contributed by atoms with Crippen molar-refractivity contribution in [3.05, 3.63) is 34.9 Å². The van der Waals surface area contributed by atoms with E-state index in [0.717, 1.165) is 37.7 Å². The third kappa shape index (κ3) is 6.42. The molecule has 1 aromatic carbocycles. The molecule has 25 heavy (non-hydrogen) atoms. The van der Waals surface area contributed by atoms with Crippen molar-refractivity contribution in [2.45, 2.75) is 77.6 Å². The zero-order valence-corrected chi connectivity index (χ0v) is 16.5. The molecule has 140 valence electrons. The topological polar surface area (TPSA) is 29.1 Å². The number of hydrogen-bond donors (Lipinski definition) is 1. The third-order valence-electron chi connectivity index (χ3n) is 5.61. The minimum atomic E-state index is -0.0951. The van der Waals surface area contributed by atoms with Crippen LogP contribution in [0, 0.1) is 5.41 Å². The molecule has 0 atom stereocenters. The number of rotatable bonds is 5. The Hall–Kier alpha value is -0.860. The number of hydrogen-bond acceptors (Lipinski definition) is 2. The normalized spacial score (nSPS) is 19.6. The molecule has 0 unspecified atom stereocenters. The highest BCUT2D eigenvalue weighted by Gasteiger charge is 2.38. The van der Waals surface area contributed by atoms with Gasteiger partial charge in [-0.2, -0.15) is 0 Å². The lowest BCUT2D eigenvalue weighted by molar-refractivity contribution is 0.0684. The van der Waals surface area contributed by atoms with Gasteiger partial charge in [-0.3, -0.25) is 4.79 Å². The van der Waals surface area contributed by atoms with Crippen LogP contribution in [0.5, 0.6) is 0 Å². The quantitative estimate of drug-likeness (QED) is 0.611. The summed E-state index contributed by atoms with van der Waals surface area (Å²) in [5, 5.41) is 3.98. The lowest BCUT2D eigenvalue weighted by Gasteiger charge is -2.36. The summed E-state index contributed by atoms with van der Waals surface area (Å²) in [6.45, 7) is 4.70. The van der Waals surface area contributed by atoms with Crippen LogP contribution in [0.3, 0.4) is 0 Å². The van der Waals surface area contributed by atoms with Crippen molar-refractivity contribution in [1.29, 1.82) is 0 Å². The van der Waals surface area contributed by atoms with Crippen molar-refractivity contribution in [2.75, 3.05) is 13.1 Å². The van der Waals surface area contributed by atoms with Crippen molar-refractivity contribution < 1.29 is 4.79 Å². The Bertz CT molecular complexity index is 490. The largest absolute Gasteiger partial charge is 0.317 e. The molecule has 0 bridgehead atoms. The Morgan fingerprint density at radius 3 is 2.08 bits per heavy atom. The number of benzene rings is 1. The van der Waals surface area contributed by atoms with Crippen LogP contribution < -0.4 is 5.32 Å². The van der Waals surface area contributed by atoms with Gasteiger partial charge in [0.2, 0.25) is 0 Å². The molecule has 1 aromatic rings. The average Bonchev–Trinajstić information content (AvgIpc) is 2.69. The third-order valence-corrected chi connectivity index (χ3v) is 5.87. The standard InChI is InChI=1S/C17H23ClO.C5H11N/c1-2-3-11-17(12-5-4-6-13-17)16(19)14-7-9-15(18)10-8-14;1-2-4-6-5-3-1/h7-10H,2-6,11-13H2,1H3;6H,1-5H2. The maximum absolute atomic E-state index is 12.9. The van der Waals surface area contributed by atoms with Crippen LogP contribution in [0.4, 0.5) is 0 Å². The molecular weight excluding hydrogens is 330 g/mol. The number of halogens is 1. The number of Topliss-reactive ketones (excluding diaryl/α,β-unsaturated/α-hetero) is 1. The molecule has 1 aliphatic heterocycles. The van der Waals surface area contributed by atoms with Gasteiger partial charge in [-0.15, -0.1) is 0 Å². The summed E-state index contributed by atoms with van der Waals surface area (Å²) in [4.78, 5) is 12.9. The van der Waals surface area contributed by atoms with Crippen molar-refractivity contribution in [3.63, 3.8) is 0 Å². The molecule has 0 amide bonds. The summed E-state index contributed by atoms with van der Waals surface area (Å²) < 4.78 is 0. The Balaban J connectivity index is 0.000000316. The number of carbonyl (C=O) groups is 1. The van der Waals surface area contributed by atoms with Gasteiger partial charge in [0.1, 0.15) is 0 Å². The first-order chi connectivity index (χ1) is 12.2. The highest BCUT2D eigenvalue weighted by molar-refractivity contribution is 6.30. The first-order valence-corrected chi connectivity index (χ1v) is 10.6. The fraction of sp³-hybridized carbons (Fsp3) is 0.682. The predicted molar refractivity (Wildman–Crippen MR) is 108 cm³/mol. The van der Waals surface area contributed by atoms with Crippen molar-refractivity contribution in [2.24, 2.45) is 5.41 Å². The van der Waals surface area contributed by atoms with E-state index in [2.05, 4.69) is 12.2 Å². The van der Waals surface area contributed by atoms with E-state index in [9.17, 15) is 4.79 Å².